The zero-order valence-electron chi connectivity index (χ0n) is 6.41. The van der Waals surface area contributed by atoms with Crippen molar-refractivity contribution >= 4 is 33.4 Å². The van der Waals surface area contributed by atoms with Crippen molar-refractivity contribution in [3.8, 4) is 0 Å². The van der Waals surface area contributed by atoms with Crippen LogP contribution < -0.4 is 4.84 Å². The van der Waals surface area contributed by atoms with Crippen LogP contribution in [0.25, 0.3) is 0 Å². The summed E-state index contributed by atoms with van der Waals surface area (Å²) in [5, 5.41) is 0. The lowest BCUT2D eigenvalue weighted by Gasteiger charge is -2.07. The van der Waals surface area contributed by atoms with E-state index in [0.717, 1.165) is 21.3 Å². The fraction of sp³-hybridized carbons (Fsp3) is 0.250. The Balaban J connectivity index is 3.25. The number of benzene rings is 1. The number of halogens is 2. The SMILES string of the molecule is Cc1cc(Br)cc(C)c1NCl. The first-order chi connectivity index (χ1) is 5.15. The van der Waals surface area contributed by atoms with E-state index in [1.165, 1.54) is 0 Å². The highest BCUT2D eigenvalue weighted by molar-refractivity contribution is 9.10. The fourth-order valence-corrected chi connectivity index (χ4v) is 2.04. The largest absolute Gasteiger partial charge is 0.298 e. The van der Waals surface area contributed by atoms with Gasteiger partial charge in [-0.3, -0.25) is 4.84 Å². The molecule has 1 rings (SSSR count). The summed E-state index contributed by atoms with van der Waals surface area (Å²) in [7, 11) is 0. The van der Waals surface area contributed by atoms with Crippen molar-refractivity contribution in [3.05, 3.63) is 27.7 Å². The first-order valence-electron chi connectivity index (χ1n) is 3.28. The van der Waals surface area contributed by atoms with Crippen LogP contribution in [0.1, 0.15) is 11.1 Å². The topological polar surface area (TPSA) is 12.0 Å². The third kappa shape index (κ3) is 1.88. The Morgan fingerprint density at radius 2 is 1.73 bits per heavy atom. The van der Waals surface area contributed by atoms with Crippen molar-refractivity contribution < 1.29 is 0 Å². The first kappa shape index (κ1) is 8.88. The second kappa shape index (κ2) is 3.46. The summed E-state index contributed by atoms with van der Waals surface area (Å²) in [4.78, 5) is 2.64. The van der Waals surface area contributed by atoms with E-state index < -0.39 is 0 Å². The highest BCUT2D eigenvalue weighted by Crippen LogP contribution is 2.25. The molecule has 0 aliphatic heterocycles. The zero-order valence-corrected chi connectivity index (χ0v) is 8.75. The van der Waals surface area contributed by atoms with E-state index in [1.807, 2.05) is 26.0 Å². The van der Waals surface area contributed by atoms with E-state index in [4.69, 9.17) is 11.8 Å². The van der Waals surface area contributed by atoms with Crippen LogP contribution >= 0.6 is 27.7 Å². The molecule has 0 amide bonds. The van der Waals surface area contributed by atoms with Gasteiger partial charge in [0.2, 0.25) is 0 Å². The molecule has 0 radical (unpaired) electrons. The summed E-state index contributed by atoms with van der Waals surface area (Å²) in [5.74, 6) is 0. The van der Waals surface area contributed by atoms with Crippen LogP contribution in [0.5, 0.6) is 0 Å². The maximum atomic E-state index is 5.52. The van der Waals surface area contributed by atoms with E-state index in [-0.39, 0.29) is 0 Å². The van der Waals surface area contributed by atoms with Gasteiger partial charge in [-0.15, -0.1) is 0 Å². The second-order valence-electron chi connectivity index (χ2n) is 2.51. The lowest BCUT2D eigenvalue weighted by molar-refractivity contribution is 1.37. The molecule has 0 unspecified atom stereocenters. The van der Waals surface area contributed by atoms with Gasteiger partial charge in [-0.05, 0) is 37.1 Å². The van der Waals surface area contributed by atoms with Gasteiger partial charge in [0.05, 0.1) is 5.69 Å². The summed E-state index contributed by atoms with van der Waals surface area (Å²) < 4.78 is 1.09. The van der Waals surface area contributed by atoms with Crippen molar-refractivity contribution in [2.75, 3.05) is 4.84 Å². The summed E-state index contributed by atoms with van der Waals surface area (Å²) >= 11 is 8.93. The van der Waals surface area contributed by atoms with Crippen LogP contribution in [0, 0.1) is 13.8 Å². The molecule has 60 valence electrons. The summed E-state index contributed by atoms with van der Waals surface area (Å²) in [6, 6.07) is 4.05. The van der Waals surface area contributed by atoms with Gasteiger partial charge in [-0.1, -0.05) is 15.9 Å². The highest BCUT2D eigenvalue weighted by Gasteiger charge is 2.01. The highest BCUT2D eigenvalue weighted by atomic mass is 79.9. The normalized spacial score (nSPS) is 9.82. The monoisotopic (exact) mass is 233 g/mol. The molecule has 1 aromatic carbocycles. The van der Waals surface area contributed by atoms with Gasteiger partial charge >= 0.3 is 0 Å². The minimum absolute atomic E-state index is 0.995. The Labute approximate surface area is 80.0 Å². The average molecular weight is 235 g/mol. The van der Waals surface area contributed by atoms with Gasteiger partial charge in [0.1, 0.15) is 0 Å². The van der Waals surface area contributed by atoms with Crippen LogP contribution in [0.15, 0.2) is 16.6 Å². The number of hydrogen-bond donors (Lipinski definition) is 1. The van der Waals surface area contributed by atoms with Crippen LogP contribution in [0.3, 0.4) is 0 Å². The third-order valence-electron chi connectivity index (χ3n) is 1.59. The van der Waals surface area contributed by atoms with Crippen LogP contribution in [-0.4, -0.2) is 0 Å². The van der Waals surface area contributed by atoms with E-state index in [2.05, 4.69) is 20.8 Å². The van der Waals surface area contributed by atoms with Crippen molar-refractivity contribution in [1.82, 2.24) is 0 Å². The maximum Gasteiger partial charge on any atom is 0.0550 e. The summed E-state index contributed by atoms with van der Waals surface area (Å²) in [6.07, 6.45) is 0. The van der Waals surface area contributed by atoms with E-state index >= 15 is 0 Å². The molecule has 0 aliphatic carbocycles. The van der Waals surface area contributed by atoms with Crippen molar-refractivity contribution in [2.24, 2.45) is 0 Å². The van der Waals surface area contributed by atoms with Gasteiger partial charge < -0.3 is 0 Å². The molecular weight excluding hydrogens is 225 g/mol. The number of nitrogens with one attached hydrogen (secondary N) is 1. The van der Waals surface area contributed by atoms with Crippen LogP contribution in [-0.2, 0) is 0 Å². The molecule has 1 nitrogen and oxygen atoms in total. The maximum absolute atomic E-state index is 5.52. The van der Waals surface area contributed by atoms with Gasteiger partial charge in [0, 0.05) is 16.2 Å². The predicted octanol–water partition coefficient (Wildman–Crippen LogP) is 3.63. The fourth-order valence-electron chi connectivity index (χ4n) is 1.06. The molecule has 0 heterocycles. The molecule has 0 bridgehead atoms. The summed E-state index contributed by atoms with van der Waals surface area (Å²) in [5.41, 5.74) is 3.29. The van der Waals surface area contributed by atoms with Gasteiger partial charge in [0.15, 0.2) is 0 Å². The Hall–Kier alpha value is -0.210. The molecule has 0 atom stereocenters. The number of rotatable bonds is 1. The van der Waals surface area contributed by atoms with E-state index in [9.17, 15) is 0 Å². The average Bonchev–Trinajstić information content (AvgIpc) is 1.85. The van der Waals surface area contributed by atoms with Crippen molar-refractivity contribution in [1.29, 1.82) is 0 Å². The van der Waals surface area contributed by atoms with E-state index in [1.54, 1.807) is 0 Å². The Bertz CT molecular complexity index is 250. The Kier molecular flexibility index (Phi) is 2.79. The van der Waals surface area contributed by atoms with Crippen LogP contribution in [0.2, 0.25) is 0 Å². The van der Waals surface area contributed by atoms with Gasteiger partial charge in [-0.2, -0.15) is 0 Å². The number of hydrogen-bond acceptors (Lipinski definition) is 1. The third-order valence-corrected chi connectivity index (χ3v) is 2.24. The second-order valence-corrected chi connectivity index (χ2v) is 3.61. The molecule has 1 N–H and O–H groups in total. The van der Waals surface area contributed by atoms with Gasteiger partial charge in [-0.25, -0.2) is 0 Å². The quantitative estimate of drug-likeness (QED) is 0.732. The lowest BCUT2D eigenvalue weighted by Crippen LogP contribution is -1.89. The minimum atomic E-state index is 0.995. The lowest BCUT2D eigenvalue weighted by atomic mass is 10.1. The van der Waals surface area contributed by atoms with Gasteiger partial charge in [0.25, 0.3) is 0 Å². The molecule has 0 spiro atoms. The number of anilines is 1. The standard InChI is InChI=1S/C8H9BrClN/c1-5-3-7(9)4-6(2)8(5)11-10/h3-4,11H,1-2H3. The Morgan fingerprint density at radius 3 is 2.09 bits per heavy atom. The minimum Gasteiger partial charge on any atom is -0.298 e. The van der Waals surface area contributed by atoms with Crippen molar-refractivity contribution in [3.63, 3.8) is 0 Å². The first-order valence-corrected chi connectivity index (χ1v) is 4.45. The molecular formula is C8H9BrClN. The summed E-state index contributed by atoms with van der Waals surface area (Å²) in [6.45, 7) is 4.03. The predicted molar refractivity (Wildman–Crippen MR) is 53.1 cm³/mol. The van der Waals surface area contributed by atoms with Crippen molar-refractivity contribution in [2.45, 2.75) is 13.8 Å². The molecule has 3 heteroatoms. The molecule has 0 saturated heterocycles. The molecule has 11 heavy (non-hydrogen) atoms. The molecule has 1 aromatic rings. The zero-order chi connectivity index (χ0) is 8.43. The molecule has 0 fully saturated rings. The van der Waals surface area contributed by atoms with E-state index in [0.29, 0.717) is 0 Å². The number of aryl methyl sites for hydroxylation is 2. The molecule has 0 aliphatic rings. The molecule has 0 aromatic heterocycles. The van der Waals surface area contributed by atoms with Crippen LogP contribution in [0.4, 0.5) is 5.69 Å². The molecule has 0 saturated carbocycles. The smallest absolute Gasteiger partial charge is 0.0550 e. The Morgan fingerprint density at radius 1 is 1.27 bits per heavy atom.